The highest BCUT2D eigenvalue weighted by Crippen LogP contribution is 2.29. The molecule has 0 fully saturated rings. The predicted molar refractivity (Wildman–Crippen MR) is 61.4 cm³/mol. The lowest BCUT2D eigenvalue weighted by Gasteiger charge is -2.10. The second-order valence-corrected chi connectivity index (χ2v) is 3.95. The number of carbonyl (C=O) groups excluding carboxylic acids is 1. The van der Waals surface area contributed by atoms with Crippen molar-refractivity contribution >= 4 is 21.9 Å². The van der Waals surface area contributed by atoms with E-state index in [1.165, 1.54) is 12.1 Å². The molecule has 0 aliphatic carbocycles. The van der Waals surface area contributed by atoms with Gasteiger partial charge in [-0.25, -0.2) is 4.79 Å². The predicted octanol–water partition coefficient (Wildman–Crippen LogP) is 3.10. The Labute approximate surface area is 110 Å². The molecule has 0 aromatic heterocycles. The Morgan fingerprint density at radius 3 is 2.72 bits per heavy atom. The van der Waals surface area contributed by atoms with Crippen LogP contribution in [0.15, 0.2) is 16.6 Å². The van der Waals surface area contributed by atoms with Crippen LogP contribution in [0, 0.1) is 11.3 Å². The summed E-state index contributed by atoms with van der Waals surface area (Å²) < 4.78 is 33.6. The maximum absolute atomic E-state index is 12.2. The first-order valence-electron chi connectivity index (χ1n) is 4.85. The number of carbonyl (C=O) groups is 1. The molecule has 4 nitrogen and oxygen atoms in total. The smallest absolute Gasteiger partial charge is 0.387 e. The van der Waals surface area contributed by atoms with Gasteiger partial charge in [-0.15, -0.1) is 0 Å². The van der Waals surface area contributed by atoms with Gasteiger partial charge in [0, 0.05) is 4.47 Å². The van der Waals surface area contributed by atoms with Gasteiger partial charge in [0.15, 0.2) is 0 Å². The molecule has 0 N–H and O–H groups in total. The Bertz CT molecular complexity index is 500. The first kappa shape index (κ1) is 14.4. The molecule has 0 atom stereocenters. The summed E-state index contributed by atoms with van der Waals surface area (Å²) in [7, 11) is 0. The molecule has 0 spiro atoms. The van der Waals surface area contributed by atoms with E-state index >= 15 is 0 Å². The highest BCUT2D eigenvalue weighted by atomic mass is 79.9. The molecule has 1 aromatic rings. The Kier molecular flexibility index (Phi) is 5.04. The second-order valence-electron chi connectivity index (χ2n) is 3.04. The molecule has 7 heteroatoms. The van der Waals surface area contributed by atoms with E-state index in [2.05, 4.69) is 20.7 Å². The molecule has 0 amide bonds. The highest BCUT2D eigenvalue weighted by Gasteiger charge is 2.20. The molecule has 0 saturated carbocycles. The van der Waals surface area contributed by atoms with Crippen LogP contribution in [0.3, 0.4) is 0 Å². The summed E-state index contributed by atoms with van der Waals surface area (Å²) in [6.07, 6.45) is 0. The lowest BCUT2D eigenvalue weighted by Crippen LogP contribution is -2.10. The van der Waals surface area contributed by atoms with E-state index in [-0.39, 0.29) is 23.5 Å². The van der Waals surface area contributed by atoms with Gasteiger partial charge in [0.1, 0.15) is 17.4 Å². The molecule has 0 saturated heterocycles. The molecule has 0 aliphatic heterocycles. The van der Waals surface area contributed by atoms with Crippen molar-refractivity contribution in [2.24, 2.45) is 0 Å². The second kappa shape index (κ2) is 6.31. The van der Waals surface area contributed by atoms with Crippen molar-refractivity contribution in [1.82, 2.24) is 0 Å². The van der Waals surface area contributed by atoms with E-state index in [0.717, 1.165) is 0 Å². The third kappa shape index (κ3) is 3.40. The van der Waals surface area contributed by atoms with Crippen LogP contribution in [0.5, 0.6) is 5.75 Å². The summed E-state index contributed by atoms with van der Waals surface area (Å²) in [5.41, 5.74) is -0.402. The van der Waals surface area contributed by atoms with Crippen molar-refractivity contribution in [3.8, 4) is 11.8 Å². The number of halogens is 3. The standard InChI is InChI=1S/C11H8BrF2NO3/c1-2-17-10(16)7-3-6(12)4-9(8(7)5-15)18-11(13)14/h3-4,11H,2H2,1H3. The summed E-state index contributed by atoms with van der Waals surface area (Å²) >= 11 is 3.04. The first-order valence-corrected chi connectivity index (χ1v) is 5.64. The van der Waals surface area contributed by atoms with Crippen LogP contribution in [0.4, 0.5) is 8.78 Å². The lowest BCUT2D eigenvalue weighted by atomic mass is 10.1. The fourth-order valence-electron chi connectivity index (χ4n) is 1.26. The van der Waals surface area contributed by atoms with Gasteiger partial charge in [-0.05, 0) is 19.1 Å². The maximum Gasteiger partial charge on any atom is 0.387 e. The summed E-state index contributed by atoms with van der Waals surface area (Å²) in [5.74, 6) is -1.14. The van der Waals surface area contributed by atoms with Gasteiger partial charge in [-0.3, -0.25) is 0 Å². The van der Waals surface area contributed by atoms with Crippen molar-refractivity contribution in [3.63, 3.8) is 0 Å². The number of nitrogens with zero attached hydrogens (tertiary/aromatic N) is 1. The molecule has 0 bridgehead atoms. The largest absolute Gasteiger partial charge is 0.462 e. The lowest BCUT2D eigenvalue weighted by molar-refractivity contribution is -0.0501. The molecule has 1 aromatic carbocycles. The Morgan fingerprint density at radius 1 is 1.56 bits per heavy atom. The fraction of sp³-hybridized carbons (Fsp3) is 0.273. The van der Waals surface area contributed by atoms with Crippen molar-refractivity contribution < 1.29 is 23.0 Å². The molecular weight excluding hydrogens is 312 g/mol. The average molecular weight is 320 g/mol. The molecule has 0 heterocycles. The van der Waals surface area contributed by atoms with Gasteiger partial charge < -0.3 is 9.47 Å². The first-order chi connectivity index (χ1) is 8.49. The minimum atomic E-state index is -3.08. The molecule has 0 radical (unpaired) electrons. The van der Waals surface area contributed by atoms with Gasteiger partial charge in [0.2, 0.25) is 0 Å². The molecule has 1 rings (SSSR count). The highest BCUT2D eigenvalue weighted by molar-refractivity contribution is 9.10. The molecule has 96 valence electrons. The monoisotopic (exact) mass is 319 g/mol. The van der Waals surface area contributed by atoms with Crippen molar-refractivity contribution in [1.29, 1.82) is 5.26 Å². The van der Waals surface area contributed by atoms with Crippen LogP contribution in [-0.4, -0.2) is 19.2 Å². The normalized spacial score (nSPS) is 10.0. The van der Waals surface area contributed by atoms with Crippen LogP contribution in [0.1, 0.15) is 22.8 Å². The van der Waals surface area contributed by atoms with Crippen LogP contribution in [0.25, 0.3) is 0 Å². The summed E-state index contributed by atoms with van der Waals surface area (Å²) in [4.78, 5) is 11.6. The number of hydrogen-bond donors (Lipinski definition) is 0. The van der Waals surface area contributed by atoms with Crippen LogP contribution >= 0.6 is 15.9 Å². The Morgan fingerprint density at radius 2 is 2.22 bits per heavy atom. The van der Waals surface area contributed by atoms with Crippen LogP contribution in [0.2, 0.25) is 0 Å². The van der Waals surface area contributed by atoms with Gasteiger partial charge >= 0.3 is 12.6 Å². The zero-order chi connectivity index (χ0) is 13.7. The van der Waals surface area contributed by atoms with Crippen molar-refractivity contribution in [2.45, 2.75) is 13.5 Å². The number of hydrogen-bond acceptors (Lipinski definition) is 4. The number of esters is 1. The number of nitriles is 1. The van der Waals surface area contributed by atoms with Gasteiger partial charge in [0.05, 0.1) is 12.2 Å². The summed E-state index contributed by atoms with van der Waals surface area (Å²) in [5, 5.41) is 8.92. The SMILES string of the molecule is CCOC(=O)c1cc(Br)cc(OC(F)F)c1C#N. The number of rotatable bonds is 4. The van der Waals surface area contributed by atoms with Crippen molar-refractivity contribution in [2.75, 3.05) is 6.61 Å². The van der Waals surface area contributed by atoms with Crippen molar-refractivity contribution in [3.05, 3.63) is 27.7 Å². The average Bonchev–Trinajstić information content (AvgIpc) is 2.27. The van der Waals surface area contributed by atoms with Crippen LogP contribution < -0.4 is 4.74 Å². The zero-order valence-corrected chi connectivity index (χ0v) is 10.8. The third-order valence-electron chi connectivity index (χ3n) is 1.89. The zero-order valence-electron chi connectivity index (χ0n) is 9.25. The van der Waals surface area contributed by atoms with E-state index in [1.807, 2.05) is 0 Å². The molecule has 0 unspecified atom stereocenters. The summed E-state index contributed by atoms with van der Waals surface area (Å²) in [6.45, 7) is -1.37. The number of ether oxygens (including phenoxy) is 2. The van der Waals surface area contributed by atoms with Crippen LogP contribution in [-0.2, 0) is 4.74 Å². The van der Waals surface area contributed by atoms with Gasteiger partial charge in [0.25, 0.3) is 0 Å². The molecule has 0 aliphatic rings. The fourth-order valence-corrected chi connectivity index (χ4v) is 1.69. The van der Waals surface area contributed by atoms with Gasteiger partial charge in [-0.2, -0.15) is 14.0 Å². The number of benzene rings is 1. The summed E-state index contributed by atoms with van der Waals surface area (Å²) in [6, 6.07) is 4.16. The Balaban J connectivity index is 3.29. The van der Waals surface area contributed by atoms with Gasteiger partial charge in [-0.1, -0.05) is 15.9 Å². The topological polar surface area (TPSA) is 59.3 Å². The quantitative estimate of drug-likeness (QED) is 0.800. The maximum atomic E-state index is 12.2. The van der Waals surface area contributed by atoms with E-state index in [0.29, 0.717) is 4.47 Å². The molecular formula is C11H8BrF2NO3. The molecule has 18 heavy (non-hydrogen) atoms. The minimum absolute atomic E-state index is 0.112. The van der Waals surface area contributed by atoms with E-state index in [9.17, 15) is 13.6 Å². The Hall–Kier alpha value is -1.68. The minimum Gasteiger partial charge on any atom is -0.462 e. The van der Waals surface area contributed by atoms with E-state index in [1.54, 1.807) is 13.0 Å². The van der Waals surface area contributed by atoms with E-state index in [4.69, 9.17) is 10.00 Å². The van der Waals surface area contributed by atoms with E-state index < -0.39 is 12.6 Å². The third-order valence-corrected chi connectivity index (χ3v) is 2.35. The number of alkyl halides is 2.